The quantitative estimate of drug-likeness (QED) is 0.765. The van der Waals surface area contributed by atoms with Crippen molar-refractivity contribution in [2.24, 2.45) is 0 Å². The molecule has 6 heteroatoms. The van der Waals surface area contributed by atoms with Crippen molar-refractivity contribution in [2.45, 2.75) is 4.90 Å². The topological polar surface area (TPSA) is 55.4 Å². The maximum atomic E-state index is 12.9. The monoisotopic (exact) mass is 347 g/mol. The summed E-state index contributed by atoms with van der Waals surface area (Å²) >= 11 is 5.83. The van der Waals surface area contributed by atoms with E-state index in [1.54, 1.807) is 42.5 Å². The minimum absolute atomic E-state index is 0.119. The number of sulfonamides is 1. The Morgan fingerprint density at radius 1 is 0.957 bits per heavy atom. The lowest BCUT2D eigenvalue weighted by Gasteiger charge is -2.14. The summed E-state index contributed by atoms with van der Waals surface area (Å²) < 4.78 is 33.5. The van der Waals surface area contributed by atoms with Gasteiger partial charge in [-0.3, -0.25) is 4.72 Å². The second kappa shape index (κ2) is 6.10. The van der Waals surface area contributed by atoms with Gasteiger partial charge in [0.25, 0.3) is 10.0 Å². The first-order valence-electron chi connectivity index (χ1n) is 6.85. The average Bonchev–Trinajstić information content (AvgIpc) is 2.55. The van der Waals surface area contributed by atoms with Crippen molar-refractivity contribution in [1.29, 1.82) is 0 Å². The number of rotatable bonds is 4. The molecule has 0 amide bonds. The molecule has 0 unspecified atom stereocenters. The molecule has 0 spiro atoms. The molecule has 0 saturated carbocycles. The third kappa shape index (κ3) is 3.11. The summed E-state index contributed by atoms with van der Waals surface area (Å²) in [5.41, 5.74) is 0.435. The lowest BCUT2D eigenvalue weighted by atomic mass is 10.1. The van der Waals surface area contributed by atoms with Crippen molar-refractivity contribution in [3.05, 3.63) is 65.7 Å². The molecule has 3 aromatic rings. The molecular weight excluding hydrogens is 334 g/mol. The number of nitrogens with one attached hydrogen (secondary N) is 1. The van der Waals surface area contributed by atoms with E-state index in [-0.39, 0.29) is 4.90 Å². The van der Waals surface area contributed by atoms with Gasteiger partial charge in [-0.1, -0.05) is 41.9 Å². The van der Waals surface area contributed by atoms with Gasteiger partial charge in [0.2, 0.25) is 0 Å². The van der Waals surface area contributed by atoms with Crippen LogP contribution in [0.4, 0.5) is 5.69 Å². The van der Waals surface area contributed by atoms with Crippen LogP contribution in [0.25, 0.3) is 10.8 Å². The molecule has 0 aliphatic carbocycles. The summed E-state index contributed by atoms with van der Waals surface area (Å²) in [5.74, 6) is 0.296. The number of ether oxygens (including phenoxy) is 1. The Balaban J connectivity index is 2.15. The minimum atomic E-state index is -3.81. The second-order valence-corrected chi connectivity index (χ2v) is 6.99. The molecule has 0 aromatic heterocycles. The van der Waals surface area contributed by atoms with E-state index in [4.69, 9.17) is 16.3 Å². The van der Waals surface area contributed by atoms with Crippen LogP contribution in [0.3, 0.4) is 0 Å². The molecule has 0 saturated heterocycles. The number of methoxy groups -OCH3 is 1. The standard InChI is InChI=1S/C17H14ClNO3S/c1-22-16-11-6-12-4-2-3-5-15(12)17(16)23(20,21)19-14-9-7-13(18)8-10-14/h2-11,19H,1H3. The molecule has 0 heterocycles. The van der Waals surface area contributed by atoms with Crippen molar-refractivity contribution >= 4 is 38.1 Å². The first-order chi connectivity index (χ1) is 11.0. The Morgan fingerprint density at radius 2 is 1.65 bits per heavy atom. The summed E-state index contributed by atoms with van der Waals surface area (Å²) in [6, 6.07) is 17.2. The van der Waals surface area contributed by atoms with Gasteiger partial charge in [0.15, 0.2) is 0 Å². The van der Waals surface area contributed by atoms with Crippen molar-refractivity contribution < 1.29 is 13.2 Å². The fraction of sp³-hybridized carbons (Fsp3) is 0.0588. The third-order valence-electron chi connectivity index (χ3n) is 3.43. The van der Waals surface area contributed by atoms with Gasteiger partial charge < -0.3 is 4.74 Å². The second-order valence-electron chi connectivity index (χ2n) is 4.93. The van der Waals surface area contributed by atoms with Gasteiger partial charge in [0.1, 0.15) is 10.6 Å². The molecule has 1 N–H and O–H groups in total. The molecule has 0 fully saturated rings. The molecule has 118 valence electrons. The highest BCUT2D eigenvalue weighted by Gasteiger charge is 2.22. The summed E-state index contributed by atoms with van der Waals surface area (Å²) in [6.07, 6.45) is 0. The van der Waals surface area contributed by atoms with Gasteiger partial charge in [-0.05, 0) is 35.7 Å². The molecule has 4 nitrogen and oxygen atoms in total. The predicted molar refractivity (Wildman–Crippen MR) is 92.8 cm³/mol. The highest BCUT2D eigenvalue weighted by molar-refractivity contribution is 7.93. The van der Waals surface area contributed by atoms with E-state index in [2.05, 4.69) is 4.72 Å². The molecule has 0 radical (unpaired) electrons. The van der Waals surface area contributed by atoms with Crippen LogP contribution in [0.5, 0.6) is 5.75 Å². The van der Waals surface area contributed by atoms with E-state index < -0.39 is 10.0 Å². The van der Waals surface area contributed by atoms with E-state index in [0.717, 1.165) is 5.39 Å². The van der Waals surface area contributed by atoms with E-state index in [1.165, 1.54) is 7.11 Å². The van der Waals surface area contributed by atoms with Gasteiger partial charge in [0, 0.05) is 16.1 Å². The number of halogens is 1. The highest BCUT2D eigenvalue weighted by Crippen LogP contribution is 2.33. The molecule has 0 aliphatic heterocycles. The van der Waals surface area contributed by atoms with Crippen molar-refractivity contribution in [2.75, 3.05) is 11.8 Å². The number of anilines is 1. The Hall–Kier alpha value is -2.24. The van der Waals surface area contributed by atoms with Gasteiger partial charge in [-0.25, -0.2) is 8.42 Å². The first-order valence-corrected chi connectivity index (χ1v) is 8.71. The van der Waals surface area contributed by atoms with Crippen LogP contribution in [0.15, 0.2) is 65.6 Å². The maximum Gasteiger partial charge on any atom is 0.266 e. The molecule has 23 heavy (non-hydrogen) atoms. The van der Waals surface area contributed by atoms with Crippen LogP contribution in [0.2, 0.25) is 5.02 Å². The minimum Gasteiger partial charge on any atom is -0.495 e. The molecule has 3 aromatic carbocycles. The summed E-state index contributed by atoms with van der Waals surface area (Å²) in [7, 11) is -2.36. The molecule has 0 atom stereocenters. The fourth-order valence-corrected chi connectivity index (χ4v) is 3.95. The van der Waals surface area contributed by atoms with E-state index in [0.29, 0.717) is 21.8 Å². The highest BCUT2D eigenvalue weighted by atomic mass is 35.5. The Morgan fingerprint density at radius 3 is 2.35 bits per heavy atom. The lowest BCUT2D eigenvalue weighted by Crippen LogP contribution is -2.14. The fourth-order valence-electron chi connectivity index (χ4n) is 2.39. The number of hydrogen-bond donors (Lipinski definition) is 1. The third-order valence-corrected chi connectivity index (χ3v) is 5.14. The van der Waals surface area contributed by atoms with Crippen LogP contribution in [-0.2, 0) is 10.0 Å². The smallest absolute Gasteiger partial charge is 0.266 e. The first kappa shape index (κ1) is 15.6. The van der Waals surface area contributed by atoms with E-state index in [1.807, 2.05) is 18.2 Å². The predicted octanol–water partition coefficient (Wildman–Crippen LogP) is 4.30. The average molecular weight is 348 g/mol. The van der Waals surface area contributed by atoms with Crippen LogP contribution >= 0.6 is 11.6 Å². The SMILES string of the molecule is COc1ccc2ccccc2c1S(=O)(=O)Nc1ccc(Cl)cc1. The number of fused-ring (bicyclic) bond motifs is 1. The van der Waals surface area contributed by atoms with Gasteiger partial charge in [-0.15, -0.1) is 0 Å². The number of benzene rings is 3. The Labute approximate surface area is 139 Å². The molecule has 0 bridgehead atoms. The molecule has 3 rings (SSSR count). The zero-order valence-electron chi connectivity index (χ0n) is 12.3. The lowest BCUT2D eigenvalue weighted by molar-refractivity contribution is 0.404. The van der Waals surface area contributed by atoms with Crippen molar-refractivity contribution in [3.63, 3.8) is 0 Å². The summed E-state index contributed by atoms with van der Waals surface area (Å²) in [5, 5.41) is 1.97. The zero-order chi connectivity index (χ0) is 16.4. The van der Waals surface area contributed by atoms with Crippen molar-refractivity contribution in [1.82, 2.24) is 0 Å². The summed E-state index contributed by atoms with van der Waals surface area (Å²) in [6.45, 7) is 0. The van der Waals surface area contributed by atoms with Crippen molar-refractivity contribution in [3.8, 4) is 5.75 Å². The van der Waals surface area contributed by atoms with Gasteiger partial charge in [0.05, 0.1) is 7.11 Å². The van der Waals surface area contributed by atoms with E-state index >= 15 is 0 Å². The van der Waals surface area contributed by atoms with Gasteiger partial charge >= 0.3 is 0 Å². The van der Waals surface area contributed by atoms with Crippen LogP contribution in [0, 0.1) is 0 Å². The van der Waals surface area contributed by atoms with Crippen LogP contribution in [0.1, 0.15) is 0 Å². The van der Waals surface area contributed by atoms with Crippen LogP contribution in [-0.4, -0.2) is 15.5 Å². The largest absolute Gasteiger partial charge is 0.495 e. The number of hydrogen-bond acceptors (Lipinski definition) is 3. The molecule has 0 aliphatic rings. The summed E-state index contributed by atoms with van der Waals surface area (Å²) in [4.78, 5) is 0.119. The van der Waals surface area contributed by atoms with Gasteiger partial charge in [-0.2, -0.15) is 0 Å². The maximum absolute atomic E-state index is 12.9. The van der Waals surface area contributed by atoms with Crippen LogP contribution < -0.4 is 9.46 Å². The normalized spacial score (nSPS) is 11.4. The van der Waals surface area contributed by atoms with E-state index in [9.17, 15) is 8.42 Å². The molecular formula is C17H14ClNO3S. The zero-order valence-corrected chi connectivity index (χ0v) is 13.9. The Kier molecular flexibility index (Phi) is 4.15. The Bertz CT molecular complexity index is 953.